The Morgan fingerprint density at radius 1 is 1.06 bits per heavy atom. The molecule has 0 spiro atoms. The van der Waals surface area contributed by atoms with Gasteiger partial charge in [0.25, 0.3) is 0 Å². The van der Waals surface area contributed by atoms with Gasteiger partial charge in [-0.2, -0.15) is 13.2 Å². The molecule has 1 unspecified atom stereocenters. The quantitative estimate of drug-likeness (QED) is 0.370. The number of hydrogen-bond donors (Lipinski definition) is 1. The molecule has 0 amide bonds. The standard InChI is InChI=1S/C27H22F3N3O2/c1-35-17-11-9-16(10-12-17)13-33-14-22-24(23(33)15-34)25(31)20-7-4-6-19(26(20)32-22)18-5-2-3-8-21(18)27(28,29)30/h2-12,15,23H,13-14H2,1H3,(H2,31,32). The Labute approximate surface area is 200 Å². The van der Waals surface area contributed by atoms with Crippen LogP contribution < -0.4 is 10.5 Å². The monoisotopic (exact) mass is 477 g/mol. The van der Waals surface area contributed by atoms with Crippen LogP contribution in [0.25, 0.3) is 22.0 Å². The molecule has 1 aromatic heterocycles. The van der Waals surface area contributed by atoms with Crippen molar-refractivity contribution in [2.24, 2.45) is 0 Å². The maximum absolute atomic E-state index is 13.7. The van der Waals surface area contributed by atoms with Crippen LogP contribution >= 0.6 is 0 Å². The van der Waals surface area contributed by atoms with Gasteiger partial charge in [0.15, 0.2) is 0 Å². The number of para-hydroxylation sites is 1. The van der Waals surface area contributed by atoms with Crippen LogP contribution in [0.2, 0.25) is 0 Å². The maximum Gasteiger partial charge on any atom is 0.417 e. The average molecular weight is 477 g/mol. The number of anilines is 1. The predicted octanol–water partition coefficient (Wildman–Crippen LogP) is 5.77. The number of nitrogens with two attached hydrogens (primary N) is 1. The number of aromatic nitrogens is 1. The summed E-state index contributed by atoms with van der Waals surface area (Å²) in [6.45, 7) is 0.823. The molecule has 4 aromatic rings. The minimum absolute atomic E-state index is 0.0393. The molecule has 178 valence electrons. The number of halogens is 3. The summed E-state index contributed by atoms with van der Waals surface area (Å²) in [5, 5.41) is 0.524. The summed E-state index contributed by atoms with van der Waals surface area (Å²) in [6, 6.07) is 17.4. The summed E-state index contributed by atoms with van der Waals surface area (Å²) in [7, 11) is 1.59. The molecule has 5 rings (SSSR count). The molecule has 0 bridgehead atoms. The van der Waals surface area contributed by atoms with Crippen molar-refractivity contribution in [3.63, 3.8) is 0 Å². The van der Waals surface area contributed by atoms with Gasteiger partial charge >= 0.3 is 6.18 Å². The molecule has 35 heavy (non-hydrogen) atoms. The molecule has 1 aliphatic heterocycles. The fraction of sp³-hybridized carbons (Fsp3) is 0.185. The Morgan fingerprint density at radius 2 is 1.77 bits per heavy atom. The molecule has 3 aromatic carbocycles. The van der Waals surface area contributed by atoms with Crippen LogP contribution in [0.3, 0.4) is 0 Å². The van der Waals surface area contributed by atoms with E-state index in [4.69, 9.17) is 15.5 Å². The lowest BCUT2D eigenvalue weighted by atomic mass is 9.94. The average Bonchev–Trinajstić information content (AvgIpc) is 3.21. The van der Waals surface area contributed by atoms with Crippen molar-refractivity contribution < 1.29 is 22.7 Å². The van der Waals surface area contributed by atoms with Crippen molar-refractivity contribution in [1.29, 1.82) is 0 Å². The number of ether oxygens (including phenoxy) is 1. The van der Waals surface area contributed by atoms with Crippen molar-refractivity contribution in [1.82, 2.24) is 9.88 Å². The summed E-state index contributed by atoms with van der Waals surface area (Å²) in [4.78, 5) is 18.8. The van der Waals surface area contributed by atoms with Gasteiger partial charge in [0.05, 0.1) is 29.9 Å². The summed E-state index contributed by atoms with van der Waals surface area (Å²) < 4.78 is 46.4. The van der Waals surface area contributed by atoms with Crippen molar-refractivity contribution >= 4 is 22.9 Å². The third-order valence-electron chi connectivity index (χ3n) is 6.41. The highest BCUT2D eigenvalue weighted by atomic mass is 19.4. The largest absolute Gasteiger partial charge is 0.497 e. The van der Waals surface area contributed by atoms with E-state index in [0.29, 0.717) is 46.5 Å². The highest BCUT2D eigenvalue weighted by Crippen LogP contribution is 2.44. The zero-order valence-corrected chi connectivity index (χ0v) is 18.8. The molecule has 0 saturated carbocycles. The van der Waals surface area contributed by atoms with Crippen LogP contribution in [-0.4, -0.2) is 23.3 Å². The molecule has 0 fully saturated rings. The molecule has 1 aliphatic rings. The minimum Gasteiger partial charge on any atom is -0.497 e. The van der Waals surface area contributed by atoms with E-state index in [1.165, 1.54) is 12.1 Å². The second-order valence-corrected chi connectivity index (χ2v) is 8.46. The second kappa shape index (κ2) is 8.70. The first-order chi connectivity index (χ1) is 16.8. The van der Waals surface area contributed by atoms with Crippen LogP contribution in [0.1, 0.15) is 28.4 Å². The zero-order chi connectivity index (χ0) is 24.7. The molecule has 5 nitrogen and oxygen atoms in total. The third-order valence-corrected chi connectivity index (χ3v) is 6.41. The number of nitrogen functional groups attached to an aromatic ring is 1. The van der Waals surface area contributed by atoms with Crippen LogP contribution in [0.5, 0.6) is 5.75 Å². The Morgan fingerprint density at radius 3 is 2.46 bits per heavy atom. The van der Waals surface area contributed by atoms with E-state index >= 15 is 0 Å². The maximum atomic E-state index is 13.7. The van der Waals surface area contributed by atoms with Gasteiger partial charge in [-0.15, -0.1) is 0 Å². The molecule has 1 atom stereocenters. The number of aldehydes is 1. The molecular weight excluding hydrogens is 455 g/mol. The first kappa shape index (κ1) is 22.9. The Kier molecular flexibility index (Phi) is 5.68. The van der Waals surface area contributed by atoms with Gasteiger partial charge < -0.3 is 15.3 Å². The van der Waals surface area contributed by atoms with Crippen molar-refractivity contribution in [3.05, 3.63) is 89.1 Å². The van der Waals surface area contributed by atoms with E-state index in [9.17, 15) is 18.0 Å². The highest BCUT2D eigenvalue weighted by molar-refractivity contribution is 6.02. The number of rotatable bonds is 5. The third kappa shape index (κ3) is 4.00. The van der Waals surface area contributed by atoms with Crippen molar-refractivity contribution in [2.45, 2.75) is 25.3 Å². The fourth-order valence-corrected chi connectivity index (χ4v) is 4.76. The van der Waals surface area contributed by atoms with Gasteiger partial charge in [0.2, 0.25) is 0 Å². The SMILES string of the molecule is COc1ccc(CN2Cc3nc4c(-c5ccccc5C(F)(F)F)cccc4c(N)c3C2C=O)cc1. The lowest BCUT2D eigenvalue weighted by molar-refractivity contribution is -0.137. The smallest absolute Gasteiger partial charge is 0.417 e. The molecule has 2 N–H and O–H groups in total. The normalized spacial score (nSPS) is 15.8. The van der Waals surface area contributed by atoms with Gasteiger partial charge in [-0.25, -0.2) is 0 Å². The molecular formula is C27H22F3N3O2. The lowest BCUT2D eigenvalue weighted by Crippen LogP contribution is -2.23. The van der Waals surface area contributed by atoms with Crippen molar-refractivity contribution in [2.75, 3.05) is 12.8 Å². The number of nitrogens with zero attached hydrogens (tertiary/aromatic N) is 2. The van der Waals surface area contributed by atoms with E-state index in [0.717, 1.165) is 23.7 Å². The van der Waals surface area contributed by atoms with E-state index in [1.54, 1.807) is 31.4 Å². The van der Waals surface area contributed by atoms with E-state index in [1.807, 2.05) is 29.2 Å². The zero-order valence-electron chi connectivity index (χ0n) is 18.8. The lowest BCUT2D eigenvalue weighted by Gasteiger charge is -2.21. The first-order valence-corrected chi connectivity index (χ1v) is 11.0. The molecule has 0 aliphatic carbocycles. The highest BCUT2D eigenvalue weighted by Gasteiger charge is 2.36. The van der Waals surface area contributed by atoms with E-state index < -0.39 is 17.8 Å². The number of benzene rings is 3. The number of hydrogen-bond acceptors (Lipinski definition) is 5. The van der Waals surface area contributed by atoms with E-state index in [-0.39, 0.29) is 5.56 Å². The molecule has 8 heteroatoms. The van der Waals surface area contributed by atoms with Crippen LogP contribution in [-0.2, 0) is 24.1 Å². The number of methoxy groups -OCH3 is 1. The summed E-state index contributed by atoms with van der Waals surface area (Å²) in [6.07, 6.45) is -3.68. The van der Waals surface area contributed by atoms with Gasteiger partial charge in [-0.3, -0.25) is 9.88 Å². The number of pyridine rings is 1. The minimum atomic E-state index is -4.52. The number of alkyl halides is 3. The van der Waals surface area contributed by atoms with Crippen molar-refractivity contribution in [3.8, 4) is 16.9 Å². The van der Waals surface area contributed by atoms with Crippen LogP contribution in [0.15, 0.2) is 66.7 Å². The second-order valence-electron chi connectivity index (χ2n) is 8.46. The number of carbonyl (C=O) groups excluding carboxylic acids is 1. The van der Waals surface area contributed by atoms with Gasteiger partial charge in [-0.05, 0) is 29.3 Å². The summed E-state index contributed by atoms with van der Waals surface area (Å²) in [5.74, 6) is 0.731. The first-order valence-electron chi connectivity index (χ1n) is 11.0. The van der Waals surface area contributed by atoms with Crippen LogP contribution in [0.4, 0.5) is 18.9 Å². The summed E-state index contributed by atoms with van der Waals surface area (Å²) in [5.41, 5.74) is 9.13. The molecule has 0 radical (unpaired) electrons. The van der Waals surface area contributed by atoms with Crippen LogP contribution in [0, 0.1) is 0 Å². The van der Waals surface area contributed by atoms with Gasteiger partial charge in [-0.1, -0.05) is 48.5 Å². The topological polar surface area (TPSA) is 68.4 Å². The number of carbonyl (C=O) groups is 1. The molecule has 0 saturated heterocycles. The Balaban J connectivity index is 1.61. The Hall–Kier alpha value is -3.91. The summed E-state index contributed by atoms with van der Waals surface area (Å²) >= 11 is 0. The van der Waals surface area contributed by atoms with E-state index in [2.05, 4.69) is 0 Å². The number of fused-ring (bicyclic) bond motifs is 2. The Bertz CT molecular complexity index is 1420. The molecule has 2 heterocycles. The van der Waals surface area contributed by atoms with Gasteiger partial charge in [0.1, 0.15) is 12.0 Å². The van der Waals surface area contributed by atoms with Gasteiger partial charge in [0, 0.05) is 35.3 Å². The fourth-order valence-electron chi connectivity index (χ4n) is 4.76. The predicted molar refractivity (Wildman–Crippen MR) is 128 cm³/mol.